The second-order valence-electron chi connectivity index (χ2n) is 4.68. The van der Waals surface area contributed by atoms with E-state index >= 15 is 0 Å². The Balaban J connectivity index is 2.13. The van der Waals surface area contributed by atoms with Gasteiger partial charge in [-0.2, -0.15) is 4.72 Å². The fraction of sp³-hybridized carbons (Fsp3) is 0.118. The van der Waals surface area contributed by atoms with Crippen LogP contribution in [0, 0.1) is 17.7 Å². The zero-order chi connectivity index (χ0) is 17.6. The van der Waals surface area contributed by atoms with Crippen molar-refractivity contribution in [3.8, 4) is 11.8 Å². The second-order valence-corrected chi connectivity index (χ2v) is 6.42. The minimum Gasteiger partial charge on any atom is -0.355 e. The highest BCUT2D eigenvalue weighted by Crippen LogP contribution is 2.12. The van der Waals surface area contributed by atoms with E-state index in [1.54, 1.807) is 24.3 Å². The third-order valence-corrected chi connectivity index (χ3v) is 4.53. The van der Waals surface area contributed by atoms with Gasteiger partial charge in [-0.3, -0.25) is 4.79 Å². The van der Waals surface area contributed by atoms with Crippen molar-refractivity contribution in [2.75, 3.05) is 13.6 Å². The lowest BCUT2D eigenvalue weighted by Crippen LogP contribution is -2.25. The Morgan fingerprint density at radius 2 is 1.79 bits per heavy atom. The van der Waals surface area contributed by atoms with Gasteiger partial charge in [0.1, 0.15) is 10.7 Å². The number of carbonyl (C=O) groups excluding carboxylic acids is 1. The number of nitrogens with one attached hydrogen (secondary N) is 2. The maximum Gasteiger partial charge on any atom is 0.252 e. The lowest BCUT2D eigenvalue weighted by molar-refractivity contribution is 0.0963. The van der Waals surface area contributed by atoms with Gasteiger partial charge in [-0.1, -0.05) is 36.1 Å². The van der Waals surface area contributed by atoms with Gasteiger partial charge in [-0.25, -0.2) is 12.8 Å². The first-order valence-corrected chi connectivity index (χ1v) is 8.48. The average molecular weight is 346 g/mol. The molecule has 0 radical (unpaired) electrons. The van der Waals surface area contributed by atoms with Crippen molar-refractivity contribution in [1.82, 2.24) is 10.0 Å². The number of amides is 1. The van der Waals surface area contributed by atoms with Crippen LogP contribution in [0.4, 0.5) is 4.39 Å². The summed E-state index contributed by atoms with van der Waals surface area (Å²) in [5.41, 5.74) is 0.867. The van der Waals surface area contributed by atoms with Gasteiger partial charge in [0, 0.05) is 12.6 Å². The van der Waals surface area contributed by atoms with Crippen LogP contribution in [-0.4, -0.2) is 27.9 Å². The van der Waals surface area contributed by atoms with E-state index in [-0.39, 0.29) is 12.5 Å². The molecule has 0 heterocycles. The van der Waals surface area contributed by atoms with Crippen LogP contribution in [0.5, 0.6) is 0 Å². The molecule has 5 nitrogen and oxygen atoms in total. The first kappa shape index (κ1) is 17.7. The van der Waals surface area contributed by atoms with Gasteiger partial charge in [-0.15, -0.1) is 0 Å². The first-order valence-electron chi connectivity index (χ1n) is 7.00. The van der Waals surface area contributed by atoms with E-state index in [4.69, 9.17) is 0 Å². The molecule has 7 heteroatoms. The maximum atomic E-state index is 13.5. The molecule has 0 saturated carbocycles. The summed E-state index contributed by atoms with van der Waals surface area (Å²) in [6.45, 7) is -0.210. The Bertz CT molecular complexity index is 915. The molecule has 0 unspecified atom stereocenters. The molecular weight excluding hydrogens is 331 g/mol. The minimum absolute atomic E-state index is 0.210. The van der Waals surface area contributed by atoms with E-state index in [2.05, 4.69) is 21.9 Å². The number of sulfonamides is 1. The summed E-state index contributed by atoms with van der Waals surface area (Å²) in [6, 6.07) is 11.8. The molecule has 0 bridgehead atoms. The lowest BCUT2D eigenvalue weighted by atomic mass is 10.1. The third kappa shape index (κ3) is 4.19. The van der Waals surface area contributed by atoms with Crippen LogP contribution in [0.1, 0.15) is 15.9 Å². The third-order valence-electron chi connectivity index (χ3n) is 3.10. The fourth-order valence-electron chi connectivity index (χ4n) is 1.94. The number of carbonyl (C=O) groups is 1. The lowest BCUT2D eigenvalue weighted by Gasteiger charge is -2.04. The van der Waals surface area contributed by atoms with Gasteiger partial charge in [-0.05, 0) is 24.3 Å². The normalized spacial score (nSPS) is 10.6. The SMILES string of the molecule is CNC(=O)c1ccccc1C#CCNS(=O)(=O)c1ccccc1F. The van der Waals surface area contributed by atoms with Crippen molar-refractivity contribution in [2.45, 2.75) is 4.90 Å². The minimum atomic E-state index is -3.98. The van der Waals surface area contributed by atoms with Crippen LogP contribution in [0.3, 0.4) is 0 Å². The molecule has 24 heavy (non-hydrogen) atoms. The van der Waals surface area contributed by atoms with Gasteiger partial charge >= 0.3 is 0 Å². The summed E-state index contributed by atoms with van der Waals surface area (Å²) in [7, 11) is -2.47. The molecule has 0 aliphatic carbocycles. The van der Waals surface area contributed by atoms with Gasteiger partial charge in [0.15, 0.2) is 0 Å². The largest absolute Gasteiger partial charge is 0.355 e. The zero-order valence-electron chi connectivity index (χ0n) is 12.8. The molecule has 0 spiro atoms. The molecule has 0 aliphatic heterocycles. The Hall–Kier alpha value is -2.69. The van der Waals surface area contributed by atoms with Crippen molar-refractivity contribution in [1.29, 1.82) is 0 Å². The first-order chi connectivity index (χ1) is 11.5. The molecule has 124 valence electrons. The van der Waals surface area contributed by atoms with Crippen LogP contribution in [-0.2, 0) is 10.0 Å². The van der Waals surface area contributed by atoms with Crippen LogP contribution < -0.4 is 10.0 Å². The molecule has 2 rings (SSSR count). The monoisotopic (exact) mass is 346 g/mol. The summed E-state index contributed by atoms with van der Waals surface area (Å²) in [6.07, 6.45) is 0. The molecule has 2 aromatic rings. The number of hydrogen-bond acceptors (Lipinski definition) is 3. The molecule has 0 saturated heterocycles. The molecule has 0 atom stereocenters. The van der Waals surface area contributed by atoms with Gasteiger partial charge < -0.3 is 5.32 Å². The fourth-order valence-corrected chi connectivity index (χ4v) is 2.94. The topological polar surface area (TPSA) is 75.3 Å². The molecule has 0 fully saturated rings. The quantitative estimate of drug-likeness (QED) is 0.824. The second kappa shape index (κ2) is 7.73. The van der Waals surface area contributed by atoms with Crippen LogP contribution in [0.2, 0.25) is 0 Å². The maximum absolute atomic E-state index is 13.5. The van der Waals surface area contributed by atoms with E-state index < -0.39 is 20.7 Å². The zero-order valence-corrected chi connectivity index (χ0v) is 13.7. The van der Waals surface area contributed by atoms with E-state index in [0.717, 1.165) is 6.07 Å². The highest BCUT2D eigenvalue weighted by atomic mass is 32.2. The molecule has 2 N–H and O–H groups in total. The predicted octanol–water partition coefficient (Wildman–Crippen LogP) is 1.52. The van der Waals surface area contributed by atoms with Crippen molar-refractivity contribution in [2.24, 2.45) is 0 Å². The number of hydrogen-bond donors (Lipinski definition) is 2. The van der Waals surface area contributed by atoms with E-state index in [1.807, 2.05) is 0 Å². The Morgan fingerprint density at radius 1 is 1.12 bits per heavy atom. The standard InChI is InChI=1S/C17H15FN2O3S/c1-19-17(21)14-9-3-2-7-13(14)8-6-12-20-24(22,23)16-11-5-4-10-15(16)18/h2-5,7,9-11,20H,12H2,1H3,(H,19,21). The van der Waals surface area contributed by atoms with Crippen molar-refractivity contribution < 1.29 is 17.6 Å². The predicted molar refractivity (Wildman–Crippen MR) is 88.3 cm³/mol. The number of halogens is 1. The Morgan fingerprint density at radius 3 is 2.50 bits per heavy atom. The average Bonchev–Trinajstić information content (AvgIpc) is 2.58. The summed E-state index contributed by atoms with van der Waals surface area (Å²) < 4.78 is 39.8. The van der Waals surface area contributed by atoms with Crippen molar-refractivity contribution in [3.63, 3.8) is 0 Å². The van der Waals surface area contributed by atoms with Crippen LogP contribution >= 0.6 is 0 Å². The van der Waals surface area contributed by atoms with Gasteiger partial charge in [0.2, 0.25) is 10.0 Å². The van der Waals surface area contributed by atoms with Crippen molar-refractivity contribution >= 4 is 15.9 Å². The number of rotatable bonds is 4. The highest BCUT2D eigenvalue weighted by Gasteiger charge is 2.17. The molecular formula is C17H15FN2O3S. The Labute approximate surface area is 139 Å². The molecule has 1 amide bonds. The van der Waals surface area contributed by atoms with E-state index in [0.29, 0.717) is 11.1 Å². The van der Waals surface area contributed by atoms with Gasteiger partial charge in [0.25, 0.3) is 5.91 Å². The van der Waals surface area contributed by atoms with Crippen molar-refractivity contribution in [3.05, 3.63) is 65.5 Å². The summed E-state index contributed by atoms with van der Waals surface area (Å²) in [4.78, 5) is 11.3. The van der Waals surface area contributed by atoms with Gasteiger partial charge in [0.05, 0.1) is 12.1 Å². The van der Waals surface area contributed by atoms with E-state index in [1.165, 1.54) is 25.2 Å². The smallest absolute Gasteiger partial charge is 0.252 e. The Kier molecular flexibility index (Phi) is 5.68. The molecule has 2 aromatic carbocycles. The number of benzene rings is 2. The summed E-state index contributed by atoms with van der Waals surface area (Å²) in [5, 5.41) is 2.50. The molecule has 0 aromatic heterocycles. The van der Waals surface area contributed by atoms with Crippen LogP contribution in [0.25, 0.3) is 0 Å². The van der Waals surface area contributed by atoms with Crippen LogP contribution in [0.15, 0.2) is 53.4 Å². The highest BCUT2D eigenvalue weighted by molar-refractivity contribution is 7.89. The summed E-state index contributed by atoms with van der Waals surface area (Å²) in [5.74, 6) is 4.24. The van der Waals surface area contributed by atoms with E-state index in [9.17, 15) is 17.6 Å². The summed E-state index contributed by atoms with van der Waals surface area (Å²) >= 11 is 0. The molecule has 0 aliphatic rings.